The average Bonchev–Trinajstić information content (AvgIpc) is 2.97. The molecular formula is C21H22ClNO3. The minimum atomic E-state index is -0.681. The lowest BCUT2D eigenvalue weighted by Gasteiger charge is -2.41. The fraction of sp³-hybridized carbons (Fsp3) is 0.381. The highest BCUT2D eigenvalue weighted by molar-refractivity contribution is 6.31. The van der Waals surface area contributed by atoms with Gasteiger partial charge in [-0.3, -0.25) is 9.69 Å². The zero-order valence-electron chi connectivity index (χ0n) is 14.7. The van der Waals surface area contributed by atoms with E-state index in [1.54, 1.807) is 0 Å². The number of likely N-dealkylation sites (tertiary alicyclic amines) is 1. The first-order chi connectivity index (χ1) is 12.5. The second-order valence-corrected chi connectivity index (χ2v) is 7.68. The zero-order valence-corrected chi connectivity index (χ0v) is 15.5. The number of benzene rings is 2. The lowest BCUT2D eigenvalue weighted by Crippen LogP contribution is -2.51. The largest absolute Gasteiger partial charge is 0.489 e. The summed E-state index contributed by atoms with van der Waals surface area (Å²) in [5.41, 5.74) is 4.75. The number of rotatable bonds is 5. The van der Waals surface area contributed by atoms with E-state index in [1.807, 2.05) is 31.2 Å². The number of carboxylic acid groups (broad SMARTS) is 1. The first-order valence-corrected chi connectivity index (χ1v) is 9.36. The summed E-state index contributed by atoms with van der Waals surface area (Å²) in [5, 5.41) is 9.82. The van der Waals surface area contributed by atoms with Crippen LogP contribution < -0.4 is 4.74 Å². The Morgan fingerprint density at radius 2 is 2.08 bits per heavy atom. The standard InChI is InChI=1S/C21H22ClNO3/c1-13-2-3-14(8-19(13)22)12-26-17-5-6-18-15(9-17)4-7-20(18)23-10-16(11-23)21(24)25/h2-3,5-6,8-9,16,20H,4,7,10-12H2,1H3,(H,24,25). The quantitative estimate of drug-likeness (QED) is 0.854. The number of carbonyl (C=O) groups is 1. The molecule has 2 aromatic rings. The molecule has 2 aromatic carbocycles. The lowest BCUT2D eigenvalue weighted by molar-refractivity contribution is -0.148. The number of hydrogen-bond acceptors (Lipinski definition) is 3. The Kier molecular flexibility index (Phi) is 4.63. The van der Waals surface area contributed by atoms with E-state index in [0.717, 1.165) is 34.7 Å². The molecule has 4 nitrogen and oxygen atoms in total. The molecule has 1 atom stereocenters. The smallest absolute Gasteiger partial charge is 0.309 e. The van der Waals surface area contributed by atoms with E-state index in [0.29, 0.717) is 25.7 Å². The maximum absolute atomic E-state index is 11.0. The van der Waals surface area contributed by atoms with Crippen LogP contribution in [0.4, 0.5) is 0 Å². The van der Waals surface area contributed by atoms with Crippen LogP contribution in [0, 0.1) is 12.8 Å². The van der Waals surface area contributed by atoms with Gasteiger partial charge in [-0.2, -0.15) is 0 Å². The third-order valence-electron chi connectivity index (χ3n) is 5.50. The first-order valence-electron chi connectivity index (χ1n) is 8.99. The fourth-order valence-corrected chi connectivity index (χ4v) is 4.06. The molecule has 1 N–H and O–H groups in total. The van der Waals surface area contributed by atoms with Gasteiger partial charge in [0.05, 0.1) is 5.92 Å². The molecular weight excluding hydrogens is 350 g/mol. The van der Waals surface area contributed by atoms with Crippen molar-refractivity contribution in [2.24, 2.45) is 5.92 Å². The van der Waals surface area contributed by atoms with Crippen LogP contribution in [-0.2, 0) is 17.8 Å². The fourth-order valence-electron chi connectivity index (χ4n) is 3.86. The van der Waals surface area contributed by atoms with Gasteiger partial charge in [0.2, 0.25) is 0 Å². The molecule has 5 heteroatoms. The highest BCUT2D eigenvalue weighted by atomic mass is 35.5. The Bertz CT molecular complexity index is 845. The SMILES string of the molecule is Cc1ccc(COc2ccc3c(c2)CCC3N2CC(C(=O)O)C2)cc1Cl. The van der Waals surface area contributed by atoms with E-state index in [2.05, 4.69) is 17.0 Å². The summed E-state index contributed by atoms with van der Waals surface area (Å²) >= 11 is 6.17. The highest BCUT2D eigenvalue weighted by Crippen LogP contribution is 2.40. The van der Waals surface area contributed by atoms with Crippen molar-refractivity contribution in [3.63, 3.8) is 0 Å². The summed E-state index contributed by atoms with van der Waals surface area (Å²) in [5.74, 6) is -0.0180. The molecule has 0 radical (unpaired) electrons. The van der Waals surface area contributed by atoms with Crippen LogP contribution in [0.5, 0.6) is 5.75 Å². The second kappa shape index (κ2) is 6.93. The number of aliphatic carboxylic acids is 1. The Morgan fingerprint density at radius 1 is 1.27 bits per heavy atom. The predicted octanol–water partition coefficient (Wildman–Crippen LogP) is 4.23. The van der Waals surface area contributed by atoms with Crippen LogP contribution in [0.2, 0.25) is 5.02 Å². The summed E-state index contributed by atoms with van der Waals surface area (Å²) in [4.78, 5) is 13.3. The van der Waals surface area contributed by atoms with Crippen molar-refractivity contribution >= 4 is 17.6 Å². The summed E-state index contributed by atoms with van der Waals surface area (Å²) in [6.45, 7) is 3.80. The van der Waals surface area contributed by atoms with Crippen LogP contribution in [0.15, 0.2) is 36.4 Å². The van der Waals surface area contributed by atoms with Crippen LogP contribution in [0.3, 0.4) is 0 Å². The van der Waals surface area contributed by atoms with E-state index >= 15 is 0 Å². The van der Waals surface area contributed by atoms with Crippen molar-refractivity contribution in [3.8, 4) is 5.75 Å². The Hall–Kier alpha value is -2.04. The van der Waals surface area contributed by atoms with Crippen molar-refractivity contribution in [1.29, 1.82) is 0 Å². The Balaban J connectivity index is 1.40. The lowest BCUT2D eigenvalue weighted by atomic mass is 9.95. The summed E-state index contributed by atoms with van der Waals surface area (Å²) in [6.07, 6.45) is 2.07. The molecule has 1 aliphatic carbocycles. The summed E-state index contributed by atoms with van der Waals surface area (Å²) in [6, 6.07) is 12.6. The molecule has 2 aliphatic rings. The molecule has 136 valence electrons. The van der Waals surface area contributed by atoms with E-state index in [-0.39, 0.29) is 5.92 Å². The van der Waals surface area contributed by atoms with E-state index in [9.17, 15) is 4.79 Å². The number of aryl methyl sites for hydroxylation is 2. The molecule has 0 amide bonds. The predicted molar refractivity (Wildman–Crippen MR) is 101 cm³/mol. The molecule has 1 aliphatic heterocycles. The second-order valence-electron chi connectivity index (χ2n) is 7.28. The van der Waals surface area contributed by atoms with Crippen molar-refractivity contribution in [3.05, 3.63) is 63.7 Å². The number of halogens is 1. The molecule has 0 spiro atoms. The zero-order chi connectivity index (χ0) is 18.3. The molecule has 1 heterocycles. The van der Waals surface area contributed by atoms with Gasteiger partial charge in [0.1, 0.15) is 12.4 Å². The summed E-state index contributed by atoms with van der Waals surface area (Å²) < 4.78 is 5.95. The number of ether oxygens (including phenoxy) is 1. The van der Waals surface area contributed by atoms with Gasteiger partial charge in [-0.05, 0) is 60.2 Å². The van der Waals surface area contributed by atoms with Crippen molar-refractivity contribution < 1.29 is 14.6 Å². The monoisotopic (exact) mass is 371 g/mol. The Morgan fingerprint density at radius 3 is 2.81 bits per heavy atom. The maximum Gasteiger partial charge on any atom is 0.309 e. The molecule has 0 saturated carbocycles. The number of fused-ring (bicyclic) bond motifs is 1. The third-order valence-corrected chi connectivity index (χ3v) is 5.91. The van der Waals surface area contributed by atoms with Crippen LogP contribution in [-0.4, -0.2) is 29.1 Å². The van der Waals surface area contributed by atoms with Gasteiger partial charge in [-0.25, -0.2) is 0 Å². The van der Waals surface area contributed by atoms with Gasteiger partial charge in [0, 0.05) is 24.2 Å². The van der Waals surface area contributed by atoms with Gasteiger partial charge >= 0.3 is 5.97 Å². The normalized spacial score (nSPS) is 19.8. The maximum atomic E-state index is 11.0. The van der Waals surface area contributed by atoms with Crippen LogP contribution in [0.25, 0.3) is 0 Å². The van der Waals surface area contributed by atoms with Gasteiger partial charge in [0.25, 0.3) is 0 Å². The number of hydrogen-bond donors (Lipinski definition) is 1. The van der Waals surface area contributed by atoms with Gasteiger partial charge in [-0.1, -0.05) is 29.8 Å². The summed E-state index contributed by atoms with van der Waals surface area (Å²) in [7, 11) is 0. The molecule has 1 unspecified atom stereocenters. The van der Waals surface area contributed by atoms with E-state index in [1.165, 1.54) is 11.1 Å². The molecule has 1 saturated heterocycles. The third kappa shape index (κ3) is 3.31. The molecule has 1 fully saturated rings. The minimum Gasteiger partial charge on any atom is -0.489 e. The molecule has 4 rings (SSSR count). The van der Waals surface area contributed by atoms with Crippen molar-refractivity contribution in [1.82, 2.24) is 4.90 Å². The van der Waals surface area contributed by atoms with E-state index in [4.69, 9.17) is 21.4 Å². The molecule has 26 heavy (non-hydrogen) atoms. The average molecular weight is 372 g/mol. The van der Waals surface area contributed by atoms with Crippen molar-refractivity contribution in [2.45, 2.75) is 32.4 Å². The van der Waals surface area contributed by atoms with Gasteiger partial charge in [0.15, 0.2) is 0 Å². The number of carboxylic acids is 1. The highest BCUT2D eigenvalue weighted by Gasteiger charge is 2.39. The Labute approximate surface area is 158 Å². The first kappa shape index (κ1) is 17.4. The van der Waals surface area contributed by atoms with Gasteiger partial charge < -0.3 is 9.84 Å². The topological polar surface area (TPSA) is 49.8 Å². The molecule has 0 aromatic heterocycles. The van der Waals surface area contributed by atoms with Crippen molar-refractivity contribution in [2.75, 3.05) is 13.1 Å². The molecule has 0 bridgehead atoms. The van der Waals surface area contributed by atoms with Gasteiger partial charge in [-0.15, -0.1) is 0 Å². The minimum absolute atomic E-state index is 0.206. The van der Waals surface area contributed by atoms with E-state index < -0.39 is 5.97 Å². The van der Waals surface area contributed by atoms with Crippen LogP contribution in [0.1, 0.15) is 34.7 Å². The number of nitrogens with zero attached hydrogens (tertiary/aromatic N) is 1. The van der Waals surface area contributed by atoms with Crippen LogP contribution >= 0.6 is 11.6 Å².